The fourth-order valence-electron chi connectivity index (χ4n) is 2.75. The van der Waals surface area contributed by atoms with Crippen molar-refractivity contribution in [2.24, 2.45) is 0 Å². The Morgan fingerprint density at radius 2 is 1.60 bits per heavy atom. The summed E-state index contributed by atoms with van der Waals surface area (Å²) in [6.45, 7) is 2.05. The Bertz CT molecular complexity index is 1140. The highest BCUT2D eigenvalue weighted by Crippen LogP contribution is 2.25. The Balaban J connectivity index is 1.80. The van der Waals surface area contributed by atoms with Crippen LogP contribution in [0, 0.1) is 0 Å². The minimum atomic E-state index is -3.84. The van der Waals surface area contributed by atoms with Crippen LogP contribution in [-0.4, -0.2) is 21.4 Å². The molecule has 0 aromatic heterocycles. The van der Waals surface area contributed by atoms with Gasteiger partial charge in [0.15, 0.2) is 0 Å². The molecule has 0 saturated carbocycles. The second-order valence-electron chi connectivity index (χ2n) is 6.48. The topological polar surface area (TPSA) is 84.5 Å². The molecule has 0 radical (unpaired) electrons. The third-order valence-electron chi connectivity index (χ3n) is 4.45. The maximum absolute atomic E-state index is 12.7. The van der Waals surface area contributed by atoms with Crippen LogP contribution >= 0.6 is 11.6 Å². The van der Waals surface area contributed by atoms with E-state index in [0.717, 1.165) is 12.0 Å². The summed E-state index contributed by atoms with van der Waals surface area (Å²) in [5, 5.41) is 2.98. The van der Waals surface area contributed by atoms with E-state index in [1.807, 2.05) is 19.1 Å². The smallest absolute Gasteiger partial charge is 0.261 e. The number of rotatable bonds is 7. The summed E-state index contributed by atoms with van der Waals surface area (Å²) in [5.74, 6) is 0.112. The van der Waals surface area contributed by atoms with E-state index in [1.165, 1.54) is 37.4 Å². The number of hydrogen-bond donors (Lipinski definition) is 2. The Hall–Kier alpha value is -3.03. The van der Waals surface area contributed by atoms with E-state index in [4.69, 9.17) is 16.3 Å². The number of amides is 1. The first-order chi connectivity index (χ1) is 14.3. The molecule has 2 N–H and O–H groups in total. The Morgan fingerprint density at radius 3 is 2.20 bits per heavy atom. The largest absolute Gasteiger partial charge is 0.497 e. The summed E-state index contributed by atoms with van der Waals surface area (Å²) >= 11 is 6.17. The molecule has 0 aliphatic rings. The standard InChI is InChI=1S/C22H21ClN2O4S/c1-3-15-4-6-16(7-5-15)24-22(26)20-14-17(8-13-21(20)23)25-30(27,28)19-11-9-18(29-2)10-12-19/h4-14,25H,3H2,1-2H3,(H,24,26). The molecule has 0 heterocycles. The van der Waals surface area contributed by atoms with Gasteiger partial charge < -0.3 is 10.1 Å². The summed E-state index contributed by atoms with van der Waals surface area (Å²) in [7, 11) is -2.34. The Kier molecular flexibility index (Phi) is 6.64. The summed E-state index contributed by atoms with van der Waals surface area (Å²) in [6.07, 6.45) is 0.899. The number of carbonyl (C=O) groups excluding carboxylic acids is 1. The second-order valence-corrected chi connectivity index (χ2v) is 8.57. The Morgan fingerprint density at radius 1 is 0.967 bits per heavy atom. The summed E-state index contributed by atoms with van der Waals surface area (Å²) < 4.78 is 32.8. The molecule has 0 spiro atoms. The highest BCUT2D eigenvalue weighted by Gasteiger charge is 2.17. The van der Waals surface area contributed by atoms with E-state index in [-0.39, 0.29) is 21.2 Å². The molecular weight excluding hydrogens is 424 g/mol. The monoisotopic (exact) mass is 444 g/mol. The number of anilines is 2. The van der Waals surface area contributed by atoms with Crippen LogP contribution in [0.2, 0.25) is 5.02 Å². The van der Waals surface area contributed by atoms with Crippen molar-refractivity contribution in [2.75, 3.05) is 17.1 Å². The molecule has 0 saturated heterocycles. The van der Waals surface area contributed by atoms with Crippen LogP contribution in [-0.2, 0) is 16.4 Å². The van der Waals surface area contributed by atoms with E-state index >= 15 is 0 Å². The first-order valence-corrected chi connectivity index (χ1v) is 11.0. The third-order valence-corrected chi connectivity index (χ3v) is 6.18. The lowest BCUT2D eigenvalue weighted by atomic mass is 10.1. The number of hydrogen-bond acceptors (Lipinski definition) is 4. The van der Waals surface area contributed by atoms with Gasteiger partial charge in [-0.05, 0) is 66.6 Å². The summed E-state index contributed by atoms with van der Waals surface area (Å²) in [5.41, 5.74) is 2.16. The van der Waals surface area contributed by atoms with Gasteiger partial charge in [0, 0.05) is 11.4 Å². The third kappa shape index (κ3) is 5.11. The highest BCUT2D eigenvalue weighted by atomic mass is 35.5. The van der Waals surface area contributed by atoms with Crippen molar-refractivity contribution in [1.82, 2.24) is 0 Å². The van der Waals surface area contributed by atoms with Crippen molar-refractivity contribution in [3.63, 3.8) is 0 Å². The van der Waals surface area contributed by atoms with Gasteiger partial charge in [-0.2, -0.15) is 0 Å². The average molecular weight is 445 g/mol. The first kappa shape index (κ1) is 21.7. The van der Waals surface area contributed by atoms with Crippen LogP contribution in [0.3, 0.4) is 0 Å². The van der Waals surface area contributed by atoms with Crippen LogP contribution in [0.15, 0.2) is 71.6 Å². The fraction of sp³-hybridized carbons (Fsp3) is 0.136. The van der Waals surface area contributed by atoms with Crippen LogP contribution in [0.5, 0.6) is 5.75 Å². The van der Waals surface area contributed by atoms with E-state index in [9.17, 15) is 13.2 Å². The van der Waals surface area contributed by atoms with E-state index < -0.39 is 15.9 Å². The van der Waals surface area contributed by atoms with Crippen molar-refractivity contribution in [1.29, 1.82) is 0 Å². The number of nitrogens with one attached hydrogen (secondary N) is 2. The lowest BCUT2D eigenvalue weighted by molar-refractivity contribution is 0.102. The van der Waals surface area contributed by atoms with E-state index in [2.05, 4.69) is 10.0 Å². The molecule has 6 nitrogen and oxygen atoms in total. The number of halogens is 1. The fourth-order valence-corrected chi connectivity index (χ4v) is 4.01. The highest BCUT2D eigenvalue weighted by molar-refractivity contribution is 7.92. The van der Waals surface area contributed by atoms with Gasteiger partial charge in [0.25, 0.3) is 15.9 Å². The summed E-state index contributed by atoms with van der Waals surface area (Å²) in [4.78, 5) is 12.7. The van der Waals surface area contributed by atoms with Gasteiger partial charge in [-0.15, -0.1) is 0 Å². The molecule has 3 aromatic carbocycles. The molecule has 0 unspecified atom stereocenters. The summed E-state index contributed by atoms with van der Waals surface area (Å²) in [6, 6.07) is 17.8. The maximum Gasteiger partial charge on any atom is 0.261 e. The zero-order valence-corrected chi connectivity index (χ0v) is 18.0. The number of methoxy groups -OCH3 is 1. The van der Waals surface area contributed by atoms with Gasteiger partial charge in [0.2, 0.25) is 0 Å². The van der Waals surface area contributed by atoms with Gasteiger partial charge in [-0.25, -0.2) is 8.42 Å². The minimum absolute atomic E-state index is 0.0697. The van der Waals surface area contributed by atoms with Crippen LogP contribution in [0.1, 0.15) is 22.8 Å². The molecule has 0 aliphatic heterocycles. The van der Waals surface area contributed by atoms with Crippen LogP contribution in [0.25, 0.3) is 0 Å². The van der Waals surface area contributed by atoms with Gasteiger partial charge >= 0.3 is 0 Å². The van der Waals surface area contributed by atoms with Crippen LogP contribution in [0.4, 0.5) is 11.4 Å². The molecule has 30 heavy (non-hydrogen) atoms. The zero-order chi connectivity index (χ0) is 21.7. The first-order valence-electron chi connectivity index (χ1n) is 9.19. The SMILES string of the molecule is CCc1ccc(NC(=O)c2cc(NS(=O)(=O)c3ccc(OC)cc3)ccc2Cl)cc1. The molecule has 0 fully saturated rings. The molecule has 0 bridgehead atoms. The van der Waals surface area contributed by atoms with E-state index in [0.29, 0.717) is 11.4 Å². The quantitative estimate of drug-likeness (QED) is 0.539. The van der Waals surface area contributed by atoms with Gasteiger partial charge in [-0.3, -0.25) is 9.52 Å². The predicted molar refractivity (Wildman–Crippen MR) is 119 cm³/mol. The van der Waals surface area contributed by atoms with Crippen molar-refractivity contribution < 1.29 is 17.9 Å². The number of carbonyl (C=O) groups is 1. The molecule has 0 atom stereocenters. The predicted octanol–water partition coefficient (Wildman–Crippen LogP) is 4.96. The van der Waals surface area contributed by atoms with Crippen molar-refractivity contribution in [3.05, 3.63) is 82.9 Å². The van der Waals surface area contributed by atoms with E-state index in [1.54, 1.807) is 24.3 Å². The number of benzene rings is 3. The minimum Gasteiger partial charge on any atom is -0.497 e. The molecule has 3 aromatic rings. The van der Waals surface area contributed by atoms with Gasteiger partial charge in [-0.1, -0.05) is 30.7 Å². The van der Waals surface area contributed by atoms with Gasteiger partial charge in [0.05, 0.1) is 22.6 Å². The molecule has 156 valence electrons. The lowest BCUT2D eigenvalue weighted by Crippen LogP contribution is -2.15. The maximum atomic E-state index is 12.7. The number of ether oxygens (including phenoxy) is 1. The van der Waals surface area contributed by atoms with Crippen LogP contribution < -0.4 is 14.8 Å². The van der Waals surface area contributed by atoms with Crippen molar-refractivity contribution in [3.8, 4) is 5.75 Å². The van der Waals surface area contributed by atoms with Gasteiger partial charge in [0.1, 0.15) is 5.75 Å². The molecule has 1 amide bonds. The average Bonchev–Trinajstić information content (AvgIpc) is 2.75. The lowest BCUT2D eigenvalue weighted by Gasteiger charge is -2.12. The molecular formula is C22H21ClN2O4S. The normalized spacial score (nSPS) is 11.0. The number of aryl methyl sites for hydroxylation is 1. The Labute approximate surface area is 180 Å². The second kappa shape index (κ2) is 9.19. The molecule has 3 rings (SSSR count). The van der Waals surface area contributed by atoms with Crippen molar-refractivity contribution in [2.45, 2.75) is 18.2 Å². The molecule has 0 aliphatic carbocycles. The number of sulfonamides is 1. The zero-order valence-electron chi connectivity index (χ0n) is 16.5. The van der Waals surface area contributed by atoms with Crippen molar-refractivity contribution >= 4 is 38.9 Å². The molecule has 8 heteroatoms.